The van der Waals surface area contributed by atoms with Gasteiger partial charge < -0.3 is 14.4 Å². The highest BCUT2D eigenvalue weighted by molar-refractivity contribution is 5.89. The van der Waals surface area contributed by atoms with Crippen LogP contribution in [0.15, 0.2) is 18.2 Å². The third-order valence-electron chi connectivity index (χ3n) is 3.36. The zero-order chi connectivity index (χ0) is 17.2. The number of rotatable bonds is 2. The van der Waals surface area contributed by atoms with Crippen molar-refractivity contribution in [2.45, 2.75) is 27.7 Å². The number of ether oxygens (including phenoxy) is 2. The summed E-state index contributed by atoms with van der Waals surface area (Å²) >= 11 is 0. The molecule has 0 aromatic heterocycles. The molecule has 23 heavy (non-hydrogen) atoms. The number of carbonyl (C=O) groups excluding carboxylic acids is 1. The van der Waals surface area contributed by atoms with Crippen molar-refractivity contribution in [1.29, 1.82) is 0 Å². The zero-order valence-corrected chi connectivity index (χ0v) is 14.5. The Kier molecular flexibility index (Phi) is 8.40. The highest BCUT2D eigenvalue weighted by Crippen LogP contribution is 2.27. The second-order valence-electron chi connectivity index (χ2n) is 4.50. The minimum absolute atomic E-state index is 0.320. The van der Waals surface area contributed by atoms with Gasteiger partial charge in [0.15, 0.2) is 0 Å². The first-order chi connectivity index (χ1) is 11.3. The molecule has 1 aromatic rings. The van der Waals surface area contributed by atoms with E-state index in [4.69, 9.17) is 9.47 Å². The van der Waals surface area contributed by atoms with Gasteiger partial charge in [0, 0.05) is 13.1 Å². The molecule has 0 radical (unpaired) electrons. The molecule has 0 bridgehead atoms. The van der Waals surface area contributed by atoms with Crippen LogP contribution in [0.4, 0.5) is 20.6 Å². The first kappa shape index (κ1) is 19.2. The van der Waals surface area contributed by atoms with Crippen LogP contribution in [0, 0.1) is 5.82 Å². The van der Waals surface area contributed by atoms with Crippen molar-refractivity contribution < 1.29 is 18.7 Å². The topological polar surface area (TPSA) is 42.0 Å². The van der Waals surface area contributed by atoms with Crippen LogP contribution in [0.5, 0.6) is 0 Å². The second kappa shape index (κ2) is 10.0. The summed E-state index contributed by atoms with van der Waals surface area (Å²) in [6.45, 7) is 11.4. The fourth-order valence-corrected chi connectivity index (χ4v) is 2.35. The molecule has 5 nitrogen and oxygen atoms in total. The molecule has 0 unspecified atom stereocenters. The second-order valence-corrected chi connectivity index (χ2v) is 4.50. The molecule has 2 aliphatic heterocycles. The molecule has 0 aliphatic carbocycles. The molecule has 2 saturated heterocycles. The van der Waals surface area contributed by atoms with Crippen LogP contribution in [0.2, 0.25) is 0 Å². The van der Waals surface area contributed by atoms with Crippen LogP contribution in [0.1, 0.15) is 27.7 Å². The van der Waals surface area contributed by atoms with Crippen LogP contribution in [0.25, 0.3) is 0 Å². The van der Waals surface area contributed by atoms with Gasteiger partial charge in [-0.1, -0.05) is 27.7 Å². The maximum Gasteiger partial charge on any atom is 0.414 e. The van der Waals surface area contributed by atoms with Gasteiger partial charge in [0.25, 0.3) is 0 Å². The van der Waals surface area contributed by atoms with E-state index in [9.17, 15) is 9.18 Å². The van der Waals surface area contributed by atoms with E-state index in [-0.39, 0.29) is 5.82 Å². The number of anilines is 2. The van der Waals surface area contributed by atoms with Crippen molar-refractivity contribution in [3.8, 4) is 0 Å². The van der Waals surface area contributed by atoms with Gasteiger partial charge >= 0.3 is 6.09 Å². The van der Waals surface area contributed by atoms with Crippen molar-refractivity contribution in [3.63, 3.8) is 0 Å². The van der Waals surface area contributed by atoms with Crippen LogP contribution in [-0.2, 0) is 9.47 Å². The molecule has 3 rings (SSSR count). The van der Waals surface area contributed by atoms with Crippen molar-refractivity contribution >= 4 is 17.5 Å². The number of hydrogen-bond donors (Lipinski definition) is 0. The number of cyclic esters (lactones) is 1. The molecule has 130 valence electrons. The maximum atomic E-state index is 14.2. The molecule has 2 heterocycles. The molecule has 0 spiro atoms. The van der Waals surface area contributed by atoms with Gasteiger partial charge in [-0.05, 0) is 18.2 Å². The fraction of sp³-hybridized carbons (Fsp3) is 0.588. The van der Waals surface area contributed by atoms with Gasteiger partial charge in [0.2, 0.25) is 0 Å². The van der Waals surface area contributed by atoms with E-state index in [0.717, 1.165) is 0 Å². The molecule has 1 amide bonds. The molecular formula is C17H27FN2O3. The molecule has 6 heteroatoms. The van der Waals surface area contributed by atoms with Gasteiger partial charge in [-0.3, -0.25) is 4.90 Å². The van der Waals surface area contributed by atoms with Crippen molar-refractivity contribution in [2.24, 2.45) is 0 Å². The number of nitrogens with zero attached hydrogens (tertiary/aromatic N) is 2. The van der Waals surface area contributed by atoms with Crippen LogP contribution >= 0.6 is 0 Å². The summed E-state index contributed by atoms with van der Waals surface area (Å²) in [6.07, 6.45) is -0.418. The first-order valence-corrected chi connectivity index (χ1v) is 8.32. The lowest BCUT2D eigenvalue weighted by molar-refractivity contribution is 0.122. The summed E-state index contributed by atoms with van der Waals surface area (Å²) in [4.78, 5) is 14.8. The number of hydrogen-bond acceptors (Lipinski definition) is 4. The average Bonchev–Trinajstić information content (AvgIpc) is 3.05. The van der Waals surface area contributed by atoms with Gasteiger partial charge in [0.05, 0.1) is 31.1 Å². The Morgan fingerprint density at radius 3 is 2.17 bits per heavy atom. The largest absolute Gasteiger partial charge is 0.447 e. The zero-order valence-electron chi connectivity index (χ0n) is 14.5. The number of benzene rings is 1. The summed E-state index contributed by atoms with van der Waals surface area (Å²) in [6, 6.07) is 4.85. The predicted molar refractivity (Wildman–Crippen MR) is 90.8 cm³/mol. The highest BCUT2D eigenvalue weighted by atomic mass is 19.1. The minimum atomic E-state index is -0.418. The van der Waals surface area contributed by atoms with Crippen molar-refractivity contribution in [1.82, 2.24) is 0 Å². The number of carbonyl (C=O) groups is 1. The molecular weight excluding hydrogens is 299 g/mol. The Morgan fingerprint density at radius 1 is 1.00 bits per heavy atom. The lowest BCUT2D eigenvalue weighted by atomic mass is 10.2. The summed E-state index contributed by atoms with van der Waals surface area (Å²) in [5, 5.41) is 0. The van der Waals surface area contributed by atoms with Gasteiger partial charge in [0.1, 0.15) is 12.4 Å². The monoisotopic (exact) mass is 326 g/mol. The Bertz CT molecular complexity index is 491. The van der Waals surface area contributed by atoms with Crippen LogP contribution in [0.3, 0.4) is 0 Å². The van der Waals surface area contributed by atoms with E-state index in [1.807, 2.05) is 32.6 Å². The Morgan fingerprint density at radius 2 is 1.65 bits per heavy atom. The molecule has 2 aliphatic rings. The van der Waals surface area contributed by atoms with E-state index >= 15 is 0 Å². The van der Waals surface area contributed by atoms with E-state index in [1.54, 1.807) is 12.1 Å². The number of morpholine rings is 1. The molecule has 0 atom stereocenters. The first-order valence-electron chi connectivity index (χ1n) is 8.32. The van der Waals surface area contributed by atoms with Gasteiger partial charge in [-0.25, -0.2) is 9.18 Å². The smallest absolute Gasteiger partial charge is 0.414 e. The quantitative estimate of drug-likeness (QED) is 0.831. The molecule has 1 aromatic carbocycles. The predicted octanol–water partition coefficient (Wildman–Crippen LogP) is 3.67. The van der Waals surface area contributed by atoms with Crippen molar-refractivity contribution in [3.05, 3.63) is 24.0 Å². The summed E-state index contributed by atoms with van der Waals surface area (Å²) in [5.74, 6) is -0.320. The summed E-state index contributed by atoms with van der Waals surface area (Å²) in [5.41, 5.74) is 1.09. The van der Waals surface area contributed by atoms with E-state index in [1.165, 1.54) is 11.0 Å². The maximum absolute atomic E-state index is 14.2. The fourth-order valence-electron chi connectivity index (χ4n) is 2.35. The third kappa shape index (κ3) is 4.82. The lowest BCUT2D eigenvalue weighted by Gasteiger charge is -2.29. The highest BCUT2D eigenvalue weighted by Gasteiger charge is 2.25. The Labute approximate surface area is 138 Å². The van der Waals surface area contributed by atoms with Crippen LogP contribution in [-0.4, -0.2) is 45.5 Å². The van der Waals surface area contributed by atoms with E-state index in [0.29, 0.717) is 50.8 Å². The van der Waals surface area contributed by atoms with Crippen LogP contribution < -0.4 is 9.80 Å². The third-order valence-corrected chi connectivity index (χ3v) is 3.36. The van der Waals surface area contributed by atoms with Gasteiger partial charge in [-0.15, -0.1) is 0 Å². The molecule has 0 saturated carbocycles. The number of amides is 1. The standard InChI is InChI=1S/C13H15FN2O3.2C2H6/c14-11-9-10(16-5-8-19-13(16)17)1-2-12(11)15-3-6-18-7-4-15;2*1-2/h1-2,9H,3-8H2;2*1-2H3. The van der Waals surface area contributed by atoms with Crippen molar-refractivity contribution in [2.75, 3.05) is 49.3 Å². The summed E-state index contributed by atoms with van der Waals surface area (Å²) in [7, 11) is 0. The SMILES string of the molecule is CC.CC.O=C1OCCN1c1ccc(N2CCOCC2)c(F)c1. The number of halogens is 1. The van der Waals surface area contributed by atoms with E-state index in [2.05, 4.69) is 0 Å². The Hall–Kier alpha value is -1.82. The lowest BCUT2D eigenvalue weighted by Crippen LogP contribution is -2.36. The summed E-state index contributed by atoms with van der Waals surface area (Å²) < 4.78 is 24.2. The average molecular weight is 326 g/mol. The normalized spacial score (nSPS) is 16.8. The minimum Gasteiger partial charge on any atom is -0.447 e. The molecule has 2 fully saturated rings. The van der Waals surface area contributed by atoms with Gasteiger partial charge in [-0.2, -0.15) is 0 Å². The Balaban J connectivity index is 0.000000615. The van der Waals surface area contributed by atoms with E-state index < -0.39 is 6.09 Å². The molecule has 0 N–H and O–H groups in total.